The summed E-state index contributed by atoms with van der Waals surface area (Å²) in [5.74, 6) is -0.215. The van der Waals surface area contributed by atoms with Crippen LogP contribution in [0.4, 0.5) is 4.79 Å². The van der Waals surface area contributed by atoms with Gasteiger partial charge in [0.05, 0.1) is 7.11 Å². The number of carbonyl (C=O) groups is 2. The van der Waals surface area contributed by atoms with E-state index < -0.39 is 23.7 Å². The summed E-state index contributed by atoms with van der Waals surface area (Å²) in [6.45, 7) is 5.32. The molecule has 0 spiro atoms. The predicted octanol–water partition coefficient (Wildman–Crippen LogP) is 1.46. The van der Waals surface area contributed by atoms with Gasteiger partial charge in [-0.2, -0.15) is 0 Å². The minimum Gasteiger partial charge on any atom is -0.467 e. The number of alkyl carbamates (subject to hydrolysis) is 1. The zero-order valence-corrected chi connectivity index (χ0v) is 10.2. The molecule has 0 aromatic heterocycles. The van der Waals surface area contributed by atoms with Gasteiger partial charge in [-0.15, -0.1) is 0 Å². The highest BCUT2D eigenvalue weighted by Crippen LogP contribution is 2.33. The van der Waals surface area contributed by atoms with E-state index in [0.717, 1.165) is 12.8 Å². The van der Waals surface area contributed by atoms with Crippen molar-refractivity contribution in [1.29, 1.82) is 0 Å². The largest absolute Gasteiger partial charge is 0.467 e. The first-order chi connectivity index (χ1) is 7.33. The summed E-state index contributed by atoms with van der Waals surface area (Å²) in [7, 11) is 1.31. The maximum atomic E-state index is 11.5. The molecular formula is C11H19NO4. The van der Waals surface area contributed by atoms with Crippen molar-refractivity contribution in [2.24, 2.45) is 5.92 Å². The topological polar surface area (TPSA) is 64.6 Å². The molecule has 0 bridgehead atoms. The van der Waals surface area contributed by atoms with Crippen LogP contribution in [0.1, 0.15) is 33.6 Å². The third-order valence-electron chi connectivity index (χ3n) is 2.22. The Morgan fingerprint density at radius 1 is 1.31 bits per heavy atom. The molecule has 0 unspecified atom stereocenters. The van der Waals surface area contributed by atoms with E-state index in [4.69, 9.17) is 4.74 Å². The second-order valence-electron chi connectivity index (χ2n) is 4.98. The van der Waals surface area contributed by atoms with Gasteiger partial charge in [0.1, 0.15) is 11.6 Å². The van der Waals surface area contributed by atoms with Crippen LogP contribution in [0.2, 0.25) is 0 Å². The third-order valence-corrected chi connectivity index (χ3v) is 2.22. The summed E-state index contributed by atoms with van der Waals surface area (Å²) in [6, 6.07) is -0.570. The van der Waals surface area contributed by atoms with Gasteiger partial charge >= 0.3 is 12.1 Å². The summed E-state index contributed by atoms with van der Waals surface area (Å²) >= 11 is 0. The normalized spacial score (nSPS) is 17.5. The highest BCUT2D eigenvalue weighted by molar-refractivity contribution is 5.82. The molecule has 1 aliphatic carbocycles. The lowest BCUT2D eigenvalue weighted by Gasteiger charge is -2.22. The van der Waals surface area contributed by atoms with Gasteiger partial charge in [-0.05, 0) is 39.5 Å². The van der Waals surface area contributed by atoms with E-state index in [2.05, 4.69) is 10.1 Å². The van der Waals surface area contributed by atoms with Gasteiger partial charge in [0, 0.05) is 0 Å². The van der Waals surface area contributed by atoms with Crippen LogP contribution in [-0.4, -0.2) is 30.8 Å². The molecule has 5 nitrogen and oxygen atoms in total. The van der Waals surface area contributed by atoms with Crippen LogP contribution in [0.3, 0.4) is 0 Å². The SMILES string of the molecule is COC(=O)[C@H](NC(=O)OC(C)(C)C)C1CC1. The quantitative estimate of drug-likeness (QED) is 0.744. The lowest BCUT2D eigenvalue weighted by molar-refractivity contribution is -0.143. The smallest absolute Gasteiger partial charge is 0.408 e. The molecule has 0 radical (unpaired) electrons. The van der Waals surface area contributed by atoms with E-state index >= 15 is 0 Å². The van der Waals surface area contributed by atoms with Crippen LogP contribution in [0, 0.1) is 5.92 Å². The van der Waals surface area contributed by atoms with Crippen molar-refractivity contribution in [2.45, 2.75) is 45.3 Å². The minimum absolute atomic E-state index is 0.194. The Labute approximate surface area is 95.5 Å². The maximum absolute atomic E-state index is 11.5. The highest BCUT2D eigenvalue weighted by atomic mass is 16.6. The van der Waals surface area contributed by atoms with Crippen LogP contribution < -0.4 is 5.32 Å². The first kappa shape index (κ1) is 12.8. The Bertz CT molecular complexity index is 278. The highest BCUT2D eigenvalue weighted by Gasteiger charge is 2.38. The van der Waals surface area contributed by atoms with Gasteiger partial charge in [-0.3, -0.25) is 0 Å². The van der Waals surface area contributed by atoms with E-state index in [1.807, 2.05) is 0 Å². The fraction of sp³-hybridized carbons (Fsp3) is 0.818. The molecule has 1 amide bonds. The Hall–Kier alpha value is -1.26. The molecule has 0 saturated heterocycles. The average molecular weight is 229 g/mol. The molecule has 0 aliphatic heterocycles. The number of carbonyl (C=O) groups excluding carboxylic acids is 2. The summed E-state index contributed by atoms with van der Waals surface area (Å²) < 4.78 is 9.72. The summed E-state index contributed by atoms with van der Waals surface area (Å²) in [5, 5.41) is 2.55. The van der Waals surface area contributed by atoms with Crippen LogP contribution in [0.25, 0.3) is 0 Å². The van der Waals surface area contributed by atoms with Crippen molar-refractivity contribution in [3.8, 4) is 0 Å². The van der Waals surface area contributed by atoms with Gasteiger partial charge in [0.25, 0.3) is 0 Å². The molecule has 0 heterocycles. The molecule has 5 heteroatoms. The Balaban J connectivity index is 2.49. The predicted molar refractivity (Wildman–Crippen MR) is 57.9 cm³/mol. The number of esters is 1. The van der Waals surface area contributed by atoms with E-state index in [0.29, 0.717) is 0 Å². The number of amides is 1. The Kier molecular flexibility index (Phi) is 3.78. The van der Waals surface area contributed by atoms with Gasteiger partial charge in [-0.1, -0.05) is 0 Å². The van der Waals surface area contributed by atoms with Gasteiger partial charge in [0.15, 0.2) is 0 Å². The average Bonchev–Trinajstić information content (AvgIpc) is 2.93. The number of hydrogen-bond acceptors (Lipinski definition) is 4. The molecule has 1 N–H and O–H groups in total. The molecule has 16 heavy (non-hydrogen) atoms. The molecule has 92 valence electrons. The standard InChI is InChI=1S/C11H19NO4/c1-11(2,3)16-10(14)12-8(7-5-6-7)9(13)15-4/h7-8H,5-6H2,1-4H3,(H,12,14)/t8-/m1/s1. The summed E-state index contributed by atoms with van der Waals surface area (Å²) in [5.41, 5.74) is -0.561. The zero-order chi connectivity index (χ0) is 12.3. The van der Waals surface area contributed by atoms with Gasteiger partial charge < -0.3 is 14.8 Å². The lowest BCUT2D eigenvalue weighted by atomic mass is 10.2. The van der Waals surface area contributed by atoms with Crippen LogP contribution in [-0.2, 0) is 14.3 Å². The first-order valence-electron chi connectivity index (χ1n) is 5.41. The Morgan fingerprint density at radius 2 is 1.88 bits per heavy atom. The van der Waals surface area contributed by atoms with Crippen molar-refractivity contribution in [2.75, 3.05) is 7.11 Å². The summed E-state index contributed by atoms with van der Waals surface area (Å²) in [6.07, 6.45) is 1.31. The monoisotopic (exact) mass is 229 g/mol. The van der Waals surface area contributed by atoms with E-state index in [9.17, 15) is 9.59 Å². The fourth-order valence-electron chi connectivity index (χ4n) is 1.36. The van der Waals surface area contributed by atoms with Crippen molar-refractivity contribution < 1.29 is 19.1 Å². The molecule has 0 aromatic carbocycles. The molecule has 1 rings (SSSR count). The zero-order valence-electron chi connectivity index (χ0n) is 10.2. The second kappa shape index (κ2) is 4.72. The molecule has 1 aliphatic rings. The first-order valence-corrected chi connectivity index (χ1v) is 5.41. The summed E-state index contributed by atoms with van der Waals surface area (Å²) in [4.78, 5) is 22.9. The van der Waals surface area contributed by atoms with E-state index in [-0.39, 0.29) is 5.92 Å². The minimum atomic E-state index is -0.574. The lowest BCUT2D eigenvalue weighted by Crippen LogP contribution is -2.45. The number of methoxy groups -OCH3 is 1. The van der Waals surface area contributed by atoms with E-state index in [1.165, 1.54) is 7.11 Å². The molecule has 1 fully saturated rings. The van der Waals surface area contributed by atoms with Crippen molar-refractivity contribution in [3.63, 3.8) is 0 Å². The second-order valence-corrected chi connectivity index (χ2v) is 4.98. The van der Waals surface area contributed by atoms with Crippen LogP contribution >= 0.6 is 0 Å². The van der Waals surface area contributed by atoms with Crippen molar-refractivity contribution in [3.05, 3.63) is 0 Å². The molecule has 1 atom stereocenters. The fourth-order valence-corrected chi connectivity index (χ4v) is 1.36. The van der Waals surface area contributed by atoms with E-state index in [1.54, 1.807) is 20.8 Å². The van der Waals surface area contributed by atoms with Crippen LogP contribution in [0.5, 0.6) is 0 Å². The van der Waals surface area contributed by atoms with Crippen molar-refractivity contribution >= 4 is 12.1 Å². The van der Waals surface area contributed by atoms with Crippen molar-refractivity contribution in [1.82, 2.24) is 5.32 Å². The van der Waals surface area contributed by atoms with Gasteiger partial charge in [-0.25, -0.2) is 9.59 Å². The molecule has 0 aromatic rings. The maximum Gasteiger partial charge on any atom is 0.408 e. The molecular weight excluding hydrogens is 210 g/mol. The number of hydrogen-bond donors (Lipinski definition) is 1. The van der Waals surface area contributed by atoms with Crippen LogP contribution in [0.15, 0.2) is 0 Å². The third kappa shape index (κ3) is 4.08. The number of nitrogens with one attached hydrogen (secondary N) is 1. The number of ether oxygens (including phenoxy) is 2. The number of rotatable bonds is 3. The Morgan fingerprint density at radius 3 is 2.25 bits per heavy atom. The molecule has 1 saturated carbocycles. The van der Waals surface area contributed by atoms with Gasteiger partial charge in [0.2, 0.25) is 0 Å².